The summed E-state index contributed by atoms with van der Waals surface area (Å²) in [5, 5.41) is 2.75. The quantitative estimate of drug-likeness (QED) is 0.515. The van der Waals surface area contributed by atoms with Crippen molar-refractivity contribution in [3.8, 4) is 0 Å². The third kappa shape index (κ3) is 4.04. The summed E-state index contributed by atoms with van der Waals surface area (Å²) in [7, 11) is 0. The van der Waals surface area contributed by atoms with Crippen molar-refractivity contribution < 1.29 is 4.79 Å². The molecule has 0 bridgehead atoms. The second kappa shape index (κ2) is 5.95. The highest BCUT2D eigenvalue weighted by Gasteiger charge is 2.17. The number of nitrogens with two attached hydrogens (primary N) is 2. The van der Waals surface area contributed by atoms with Crippen LogP contribution in [-0.2, 0) is 4.79 Å². The van der Waals surface area contributed by atoms with Crippen LogP contribution in [0.5, 0.6) is 0 Å². The summed E-state index contributed by atoms with van der Waals surface area (Å²) in [4.78, 5) is 13.4. The molecule has 0 unspecified atom stereocenters. The van der Waals surface area contributed by atoms with E-state index >= 15 is 0 Å². The van der Waals surface area contributed by atoms with Gasteiger partial charge in [0, 0.05) is 32.2 Å². The van der Waals surface area contributed by atoms with E-state index in [1.807, 2.05) is 0 Å². The van der Waals surface area contributed by atoms with E-state index in [0.717, 1.165) is 25.9 Å². The Labute approximate surface area is 84.8 Å². The molecule has 0 aliphatic carbocycles. The predicted octanol–water partition coefficient (Wildman–Crippen LogP) is -1.52. The minimum atomic E-state index is 0.0610. The van der Waals surface area contributed by atoms with E-state index in [-0.39, 0.29) is 5.91 Å². The first-order valence-corrected chi connectivity index (χ1v) is 5.17. The van der Waals surface area contributed by atoms with Crippen LogP contribution in [0.15, 0.2) is 0 Å². The average Bonchev–Trinajstić information content (AvgIpc) is 2.18. The SMILES string of the molecule is NCCNC(=O)CN1CCC(N)CC1. The van der Waals surface area contributed by atoms with Gasteiger partial charge in [-0.05, 0) is 12.8 Å². The standard InChI is InChI=1S/C9H20N4O/c10-3-4-12-9(14)7-13-5-1-8(11)2-6-13/h8H,1-7,10-11H2,(H,12,14). The molecule has 0 aromatic rings. The van der Waals surface area contributed by atoms with E-state index in [2.05, 4.69) is 10.2 Å². The number of nitrogens with one attached hydrogen (secondary N) is 1. The zero-order chi connectivity index (χ0) is 10.4. The molecule has 0 saturated carbocycles. The van der Waals surface area contributed by atoms with Gasteiger partial charge in [0.1, 0.15) is 0 Å². The highest BCUT2D eigenvalue weighted by Crippen LogP contribution is 2.06. The highest BCUT2D eigenvalue weighted by atomic mass is 16.2. The number of nitrogens with zero attached hydrogens (tertiary/aromatic N) is 1. The highest BCUT2D eigenvalue weighted by molar-refractivity contribution is 5.77. The van der Waals surface area contributed by atoms with Crippen molar-refractivity contribution in [1.82, 2.24) is 10.2 Å². The lowest BCUT2D eigenvalue weighted by molar-refractivity contribution is -0.122. The number of hydrogen-bond donors (Lipinski definition) is 3. The Morgan fingerprint density at radius 2 is 2.07 bits per heavy atom. The minimum Gasteiger partial charge on any atom is -0.354 e. The first-order valence-electron chi connectivity index (χ1n) is 5.17. The van der Waals surface area contributed by atoms with Crippen molar-refractivity contribution in [3.63, 3.8) is 0 Å². The predicted molar refractivity (Wildman–Crippen MR) is 55.7 cm³/mol. The van der Waals surface area contributed by atoms with E-state index in [1.165, 1.54) is 0 Å². The summed E-state index contributed by atoms with van der Waals surface area (Å²) in [5.74, 6) is 0.0610. The molecule has 1 amide bonds. The average molecular weight is 200 g/mol. The van der Waals surface area contributed by atoms with Gasteiger partial charge < -0.3 is 16.8 Å². The Balaban J connectivity index is 2.14. The number of piperidine rings is 1. The van der Waals surface area contributed by atoms with Gasteiger partial charge >= 0.3 is 0 Å². The van der Waals surface area contributed by atoms with E-state index in [4.69, 9.17) is 11.5 Å². The Morgan fingerprint density at radius 3 is 2.64 bits per heavy atom. The Bertz CT molecular complexity index is 178. The number of likely N-dealkylation sites (tertiary alicyclic amines) is 1. The fourth-order valence-electron chi connectivity index (χ4n) is 1.58. The number of hydrogen-bond acceptors (Lipinski definition) is 4. The molecule has 14 heavy (non-hydrogen) atoms. The molecule has 0 atom stereocenters. The molecule has 82 valence electrons. The monoisotopic (exact) mass is 200 g/mol. The molecule has 1 aliphatic rings. The van der Waals surface area contributed by atoms with Gasteiger partial charge in [0.2, 0.25) is 5.91 Å². The van der Waals surface area contributed by atoms with Crippen LogP contribution in [0.25, 0.3) is 0 Å². The van der Waals surface area contributed by atoms with Gasteiger partial charge in [-0.2, -0.15) is 0 Å². The summed E-state index contributed by atoms with van der Waals surface area (Å²) >= 11 is 0. The van der Waals surface area contributed by atoms with Crippen molar-refractivity contribution >= 4 is 5.91 Å². The normalized spacial score (nSPS) is 19.6. The molecule has 5 N–H and O–H groups in total. The minimum absolute atomic E-state index is 0.0610. The van der Waals surface area contributed by atoms with E-state index < -0.39 is 0 Å². The lowest BCUT2D eigenvalue weighted by Gasteiger charge is -2.29. The zero-order valence-corrected chi connectivity index (χ0v) is 8.54. The number of amides is 1. The maximum atomic E-state index is 11.3. The fraction of sp³-hybridized carbons (Fsp3) is 0.889. The summed E-state index contributed by atoms with van der Waals surface area (Å²) in [6.45, 7) is 3.39. The second-order valence-electron chi connectivity index (χ2n) is 3.75. The molecule has 5 heteroatoms. The largest absolute Gasteiger partial charge is 0.354 e. The molecule has 0 aromatic carbocycles. The second-order valence-corrected chi connectivity index (χ2v) is 3.75. The molecule has 0 aromatic heterocycles. The van der Waals surface area contributed by atoms with Crippen LogP contribution in [-0.4, -0.2) is 49.6 Å². The Hall–Kier alpha value is -0.650. The van der Waals surface area contributed by atoms with Gasteiger partial charge in [-0.25, -0.2) is 0 Å². The van der Waals surface area contributed by atoms with Gasteiger partial charge in [0.05, 0.1) is 6.54 Å². The molecule has 0 radical (unpaired) electrons. The molecule has 1 heterocycles. The first kappa shape index (κ1) is 11.4. The first-order chi connectivity index (χ1) is 6.72. The maximum Gasteiger partial charge on any atom is 0.234 e. The van der Waals surface area contributed by atoms with Crippen LogP contribution in [0, 0.1) is 0 Å². The van der Waals surface area contributed by atoms with Crippen LogP contribution in [0.2, 0.25) is 0 Å². The van der Waals surface area contributed by atoms with Crippen molar-refractivity contribution in [3.05, 3.63) is 0 Å². The van der Waals surface area contributed by atoms with Gasteiger partial charge in [0.15, 0.2) is 0 Å². The van der Waals surface area contributed by atoms with Crippen molar-refractivity contribution in [2.24, 2.45) is 11.5 Å². The smallest absolute Gasteiger partial charge is 0.234 e. The van der Waals surface area contributed by atoms with Crippen molar-refractivity contribution in [2.45, 2.75) is 18.9 Å². The van der Waals surface area contributed by atoms with Crippen LogP contribution < -0.4 is 16.8 Å². The molecular weight excluding hydrogens is 180 g/mol. The molecule has 1 saturated heterocycles. The van der Waals surface area contributed by atoms with E-state index in [0.29, 0.717) is 25.7 Å². The molecule has 1 aliphatic heterocycles. The van der Waals surface area contributed by atoms with Crippen LogP contribution >= 0.6 is 0 Å². The van der Waals surface area contributed by atoms with Gasteiger partial charge in [-0.3, -0.25) is 9.69 Å². The van der Waals surface area contributed by atoms with Gasteiger partial charge in [0.25, 0.3) is 0 Å². The van der Waals surface area contributed by atoms with E-state index in [9.17, 15) is 4.79 Å². The zero-order valence-electron chi connectivity index (χ0n) is 8.54. The summed E-state index contributed by atoms with van der Waals surface area (Å²) in [5.41, 5.74) is 11.0. The summed E-state index contributed by atoms with van der Waals surface area (Å²) in [6.07, 6.45) is 1.98. The molecule has 5 nitrogen and oxygen atoms in total. The molecule has 0 spiro atoms. The van der Waals surface area contributed by atoms with Gasteiger partial charge in [-0.15, -0.1) is 0 Å². The summed E-state index contributed by atoms with van der Waals surface area (Å²) < 4.78 is 0. The van der Waals surface area contributed by atoms with Crippen molar-refractivity contribution in [2.75, 3.05) is 32.7 Å². The van der Waals surface area contributed by atoms with Crippen molar-refractivity contribution in [1.29, 1.82) is 0 Å². The number of carbonyl (C=O) groups excluding carboxylic acids is 1. The van der Waals surface area contributed by atoms with Crippen LogP contribution in [0.3, 0.4) is 0 Å². The number of carbonyl (C=O) groups is 1. The lowest BCUT2D eigenvalue weighted by atomic mass is 10.1. The molecular formula is C9H20N4O. The van der Waals surface area contributed by atoms with Crippen LogP contribution in [0.4, 0.5) is 0 Å². The molecule has 1 fully saturated rings. The third-order valence-electron chi connectivity index (χ3n) is 2.47. The maximum absolute atomic E-state index is 11.3. The van der Waals surface area contributed by atoms with Crippen LogP contribution in [0.1, 0.15) is 12.8 Å². The van der Waals surface area contributed by atoms with E-state index in [1.54, 1.807) is 0 Å². The number of rotatable bonds is 4. The fourth-order valence-corrected chi connectivity index (χ4v) is 1.58. The lowest BCUT2D eigenvalue weighted by Crippen LogP contribution is -2.45. The molecule has 1 rings (SSSR count). The Morgan fingerprint density at radius 1 is 1.43 bits per heavy atom. The Kier molecular flexibility index (Phi) is 4.86. The van der Waals surface area contributed by atoms with Gasteiger partial charge in [-0.1, -0.05) is 0 Å². The topological polar surface area (TPSA) is 84.4 Å². The summed E-state index contributed by atoms with van der Waals surface area (Å²) in [6, 6.07) is 0.318. The third-order valence-corrected chi connectivity index (χ3v) is 2.47.